The van der Waals surface area contributed by atoms with Crippen molar-refractivity contribution >= 4 is 41.7 Å². The van der Waals surface area contributed by atoms with Gasteiger partial charge in [0.2, 0.25) is 5.91 Å². The molecule has 3 rings (SSSR count). The second kappa shape index (κ2) is 12.1. The molecule has 1 aromatic carbocycles. The molecule has 4 N–H and O–H groups in total. The molecule has 0 radical (unpaired) electrons. The van der Waals surface area contributed by atoms with E-state index in [0.29, 0.717) is 31.2 Å². The maximum absolute atomic E-state index is 12.7. The molecule has 2 heterocycles. The highest BCUT2D eigenvalue weighted by Crippen LogP contribution is 2.29. The van der Waals surface area contributed by atoms with Gasteiger partial charge in [0.05, 0.1) is 11.5 Å². The van der Waals surface area contributed by atoms with Crippen LogP contribution in [0.15, 0.2) is 47.6 Å². The van der Waals surface area contributed by atoms with Crippen molar-refractivity contribution in [1.29, 1.82) is 0 Å². The Balaban J connectivity index is 0.00000385. The van der Waals surface area contributed by atoms with E-state index in [-0.39, 0.29) is 35.8 Å². The maximum atomic E-state index is 12.7. The minimum atomic E-state index is -4.35. The smallest absolute Gasteiger partial charge is 0.369 e. The van der Waals surface area contributed by atoms with Crippen LogP contribution in [0.4, 0.5) is 19.0 Å². The van der Waals surface area contributed by atoms with Gasteiger partial charge in [0.15, 0.2) is 5.96 Å². The number of anilines is 1. The van der Waals surface area contributed by atoms with E-state index in [0.717, 1.165) is 42.9 Å². The van der Waals surface area contributed by atoms with Gasteiger partial charge in [-0.3, -0.25) is 9.79 Å². The Morgan fingerprint density at radius 3 is 2.55 bits per heavy atom. The number of benzene rings is 1. The summed E-state index contributed by atoms with van der Waals surface area (Å²) in [4.78, 5) is 22.4. The first-order valence-corrected chi connectivity index (χ1v) is 10.4. The fourth-order valence-electron chi connectivity index (χ4n) is 3.65. The molecule has 1 aliphatic heterocycles. The molecule has 0 saturated carbocycles. The number of nitrogens with two attached hydrogens (primary N) is 1. The second-order valence-electron chi connectivity index (χ2n) is 7.65. The summed E-state index contributed by atoms with van der Waals surface area (Å²) in [6.07, 6.45) is -0.985. The zero-order valence-corrected chi connectivity index (χ0v) is 20.6. The first-order valence-electron chi connectivity index (χ1n) is 10.4. The first kappa shape index (κ1) is 26.7. The monoisotopic (exact) mass is 576 g/mol. The molecule has 1 aromatic heterocycles. The number of rotatable bonds is 6. The Morgan fingerprint density at radius 2 is 1.91 bits per heavy atom. The number of hydrogen-bond donors (Lipinski definition) is 3. The summed E-state index contributed by atoms with van der Waals surface area (Å²) in [6.45, 7) is 2.10. The Hall–Kier alpha value is -2.57. The lowest BCUT2D eigenvalue weighted by Gasteiger charge is -2.33. The number of piperidine rings is 1. The van der Waals surface area contributed by atoms with E-state index >= 15 is 0 Å². The summed E-state index contributed by atoms with van der Waals surface area (Å²) in [5.74, 6) is 0.820. The van der Waals surface area contributed by atoms with Gasteiger partial charge in [-0.1, -0.05) is 18.2 Å². The Labute approximate surface area is 208 Å². The number of carbonyl (C=O) groups excluding carboxylic acids is 1. The average molecular weight is 576 g/mol. The summed E-state index contributed by atoms with van der Waals surface area (Å²) in [6, 6.07) is 8.79. The lowest BCUT2D eigenvalue weighted by Crippen LogP contribution is -2.42. The fourth-order valence-corrected chi connectivity index (χ4v) is 3.65. The third-order valence-corrected chi connectivity index (χ3v) is 5.40. The van der Waals surface area contributed by atoms with Gasteiger partial charge in [-0.05, 0) is 36.6 Å². The van der Waals surface area contributed by atoms with Crippen molar-refractivity contribution in [3.8, 4) is 0 Å². The first-order chi connectivity index (χ1) is 15.3. The number of pyridine rings is 1. The molecule has 0 bridgehead atoms. The van der Waals surface area contributed by atoms with Gasteiger partial charge >= 0.3 is 6.18 Å². The standard InChI is InChI=1S/C22H27F3N6O.HI/c1-27-21(29-12-15-6-8-18(9-7-15)22(23,24)25)30-13-16-4-2-10-28-20(16)31-11-3-5-17(14-31)19(26)32;/h2,4,6-10,17H,3,5,11-14H2,1H3,(H2,26,32)(H2,27,29,30);1H. The SMILES string of the molecule is CN=C(NCc1ccc(C(F)(F)F)cc1)NCc1cccnc1N1CCCC(C(N)=O)C1.I. The van der Waals surface area contributed by atoms with Crippen LogP contribution < -0.4 is 21.3 Å². The van der Waals surface area contributed by atoms with E-state index in [4.69, 9.17) is 5.73 Å². The van der Waals surface area contributed by atoms with Gasteiger partial charge in [-0.2, -0.15) is 13.2 Å². The molecule has 1 unspecified atom stereocenters. The van der Waals surface area contributed by atoms with Crippen molar-refractivity contribution in [2.24, 2.45) is 16.6 Å². The van der Waals surface area contributed by atoms with Gasteiger partial charge in [0, 0.05) is 45.0 Å². The summed E-state index contributed by atoms with van der Waals surface area (Å²) in [5, 5.41) is 6.30. The van der Waals surface area contributed by atoms with Gasteiger partial charge in [-0.25, -0.2) is 4.98 Å². The molecule has 2 aromatic rings. The Bertz CT molecular complexity index is 952. The number of aliphatic imine (C=N–C) groups is 1. The molecular weight excluding hydrogens is 548 g/mol. The number of halogens is 4. The van der Waals surface area contributed by atoms with Crippen LogP contribution in [0.25, 0.3) is 0 Å². The number of primary amides is 1. The van der Waals surface area contributed by atoms with Crippen molar-refractivity contribution in [3.63, 3.8) is 0 Å². The predicted octanol–water partition coefficient (Wildman–Crippen LogP) is 3.29. The number of aromatic nitrogens is 1. The second-order valence-corrected chi connectivity index (χ2v) is 7.65. The third kappa shape index (κ3) is 7.47. The van der Waals surface area contributed by atoms with Gasteiger partial charge < -0.3 is 21.3 Å². The van der Waals surface area contributed by atoms with E-state index in [9.17, 15) is 18.0 Å². The normalized spacial score (nSPS) is 16.7. The molecule has 0 spiro atoms. The van der Waals surface area contributed by atoms with E-state index in [2.05, 4.69) is 25.5 Å². The van der Waals surface area contributed by atoms with Crippen molar-refractivity contribution in [2.75, 3.05) is 25.0 Å². The van der Waals surface area contributed by atoms with Crippen molar-refractivity contribution < 1.29 is 18.0 Å². The molecule has 7 nitrogen and oxygen atoms in total. The molecular formula is C22H28F3IN6O. The van der Waals surface area contributed by atoms with Crippen LogP contribution in [0.1, 0.15) is 29.5 Å². The van der Waals surface area contributed by atoms with E-state index in [1.54, 1.807) is 13.2 Å². The molecule has 180 valence electrons. The lowest BCUT2D eigenvalue weighted by atomic mass is 9.97. The van der Waals surface area contributed by atoms with Gasteiger partial charge in [-0.15, -0.1) is 24.0 Å². The molecule has 1 saturated heterocycles. The summed E-state index contributed by atoms with van der Waals surface area (Å²) >= 11 is 0. The molecule has 33 heavy (non-hydrogen) atoms. The zero-order valence-electron chi connectivity index (χ0n) is 18.2. The Morgan fingerprint density at radius 1 is 1.21 bits per heavy atom. The van der Waals surface area contributed by atoms with E-state index in [1.165, 1.54) is 12.1 Å². The minimum Gasteiger partial charge on any atom is -0.369 e. The number of amides is 1. The van der Waals surface area contributed by atoms with E-state index < -0.39 is 11.7 Å². The van der Waals surface area contributed by atoms with E-state index in [1.807, 2.05) is 12.1 Å². The van der Waals surface area contributed by atoms with Crippen LogP contribution in [0.2, 0.25) is 0 Å². The van der Waals surface area contributed by atoms with Crippen molar-refractivity contribution in [2.45, 2.75) is 32.1 Å². The number of nitrogens with zero attached hydrogens (tertiary/aromatic N) is 3. The van der Waals surface area contributed by atoms with Crippen LogP contribution in [-0.2, 0) is 24.1 Å². The largest absolute Gasteiger partial charge is 0.416 e. The lowest BCUT2D eigenvalue weighted by molar-refractivity contribution is -0.137. The van der Waals surface area contributed by atoms with Gasteiger partial charge in [0.1, 0.15) is 5.82 Å². The molecule has 1 aliphatic rings. The maximum Gasteiger partial charge on any atom is 0.416 e. The minimum absolute atomic E-state index is 0. The molecule has 0 aliphatic carbocycles. The quantitative estimate of drug-likeness (QED) is 0.279. The van der Waals surface area contributed by atoms with Crippen LogP contribution in [-0.4, -0.2) is 37.0 Å². The fraction of sp³-hybridized carbons (Fsp3) is 0.409. The number of hydrogen-bond acceptors (Lipinski definition) is 4. The highest BCUT2D eigenvalue weighted by atomic mass is 127. The van der Waals surface area contributed by atoms with Gasteiger partial charge in [0.25, 0.3) is 0 Å². The zero-order chi connectivity index (χ0) is 23.1. The summed E-state index contributed by atoms with van der Waals surface area (Å²) < 4.78 is 38.1. The van der Waals surface area contributed by atoms with Crippen LogP contribution in [0, 0.1) is 5.92 Å². The van der Waals surface area contributed by atoms with Crippen LogP contribution in [0.3, 0.4) is 0 Å². The van der Waals surface area contributed by atoms with Crippen molar-refractivity contribution in [1.82, 2.24) is 15.6 Å². The number of carbonyl (C=O) groups is 1. The van der Waals surface area contributed by atoms with Crippen LogP contribution >= 0.6 is 24.0 Å². The molecule has 1 amide bonds. The molecule has 11 heteroatoms. The number of nitrogens with one attached hydrogen (secondary N) is 2. The van der Waals surface area contributed by atoms with Crippen molar-refractivity contribution in [3.05, 3.63) is 59.3 Å². The summed E-state index contributed by atoms with van der Waals surface area (Å²) in [5.41, 5.74) is 6.46. The number of alkyl halides is 3. The Kier molecular flexibility index (Phi) is 9.74. The van der Waals surface area contributed by atoms with Crippen LogP contribution in [0.5, 0.6) is 0 Å². The molecule has 1 fully saturated rings. The molecule has 1 atom stereocenters. The average Bonchev–Trinajstić information content (AvgIpc) is 2.79. The summed E-state index contributed by atoms with van der Waals surface area (Å²) in [7, 11) is 1.62. The third-order valence-electron chi connectivity index (χ3n) is 5.40. The predicted molar refractivity (Wildman–Crippen MR) is 132 cm³/mol. The highest BCUT2D eigenvalue weighted by molar-refractivity contribution is 14.0. The topological polar surface area (TPSA) is 95.6 Å². The number of guanidine groups is 1. The highest BCUT2D eigenvalue weighted by Gasteiger charge is 2.30.